The van der Waals surface area contributed by atoms with Gasteiger partial charge in [-0.3, -0.25) is 4.79 Å². The van der Waals surface area contributed by atoms with Crippen molar-refractivity contribution in [3.63, 3.8) is 0 Å². The molecule has 0 unspecified atom stereocenters. The number of carbonyl (C=O) groups excluding carboxylic acids is 1. The summed E-state index contributed by atoms with van der Waals surface area (Å²) >= 11 is 0. The van der Waals surface area contributed by atoms with Crippen molar-refractivity contribution in [2.45, 2.75) is 13.0 Å². The molecule has 0 fully saturated rings. The minimum absolute atomic E-state index is 0.252. The van der Waals surface area contributed by atoms with Crippen LogP contribution in [-0.2, 0) is 9.53 Å². The summed E-state index contributed by atoms with van der Waals surface area (Å²) in [4.78, 5) is 18.5. The summed E-state index contributed by atoms with van der Waals surface area (Å²) in [6, 6.07) is -0.524. The van der Waals surface area contributed by atoms with Crippen LogP contribution >= 0.6 is 0 Å². The fourth-order valence-electron chi connectivity index (χ4n) is 2.33. The molecule has 1 atom stereocenters. The van der Waals surface area contributed by atoms with Crippen molar-refractivity contribution < 1.29 is 9.53 Å². The summed E-state index contributed by atoms with van der Waals surface area (Å²) < 4.78 is 5.38. The Kier molecular flexibility index (Phi) is 6.25. The van der Waals surface area contributed by atoms with E-state index in [2.05, 4.69) is 20.9 Å². The fraction of sp³-hybridized carbons (Fsp3) is 0.467. The predicted molar refractivity (Wildman–Crippen MR) is 95.4 cm³/mol. The summed E-state index contributed by atoms with van der Waals surface area (Å²) in [5.41, 5.74) is 19.3. The third-order valence-corrected chi connectivity index (χ3v) is 3.84. The first-order valence-electron chi connectivity index (χ1n) is 7.93. The number of hydrogen-bond donors (Lipinski definition) is 6. The fourth-order valence-corrected chi connectivity index (χ4v) is 2.33. The zero-order valence-corrected chi connectivity index (χ0v) is 14.5. The number of nitrogens with zero attached hydrogens (tertiary/aromatic N) is 2. The van der Waals surface area contributed by atoms with Gasteiger partial charge in [0.15, 0.2) is 0 Å². The molecule has 0 aliphatic carbocycles. The van der Waals surface area contributed by atoms with Crippen molar-refractivity contribution in [3.8, 4) is 0 Å². The van der Waals surface area contributed by atoms with E-state index < -0.39 is 6.04 Å². The molecule has 1 amide bonds. The Morgan fingerprint density at radius 2 is 2.36 bits per heavy atom. The first kappa shape index (κ1) is 18.6. The first-order valence-corrected chi connectivity index (χ1v) is 7.93. The van der Waals surface area contributed by atoms with Crippen molar-refractivity contribution in [1.82, 2.24) is 20.9 Å². The molecular formula is C15H26N8O2. The highest BCUT2D eigenvalue weighted by Gasteiger charge is 2.21. The van der Waals surface area contributed by atoms with E-state index in [-0.39, 0.29) is 12.5 Å². The van der Waals surface area contributed by atoms with Crippen LogP contribution in [-0.4, -0.2) is 56.0 Å². The standard InChI is InChI=1S/C15H26N8O2/c1-9(20-12-7-25-8-23(2)14(12)18)15(24)22-13-6-19-5-11(21-13)10(3-16)4-17/h3,6,9,19-20H,4-5,7-8,16-18H2,1-2H3,(H,22,24)/b10-3+/t9-/m0/s1. The second-order valence-electron chi connectivity index (χ2n) is 5.76. The Labute approximate surface area is 146 Å². The molecule has 0 spiro atoms. The zero-order chi connectivity index (χ0) is 18.4. The summed E-state index contributed by atoms with van der Waals surface area (Å²) in [5.74, 6) is 0.703. The van der Waals surface area contributed by atoms with Crippen molar-refractivity contribution in [1.29, 1.82) is 0 Å². The predicted octanol–water partition coefficient (Wildman–Crippen LogP) is -2.23. The molecule has 0 aromatic carbocycles. The largest absolute Gasteiger partial charge is 0.404 e. The van der Waals surface area contributed by atoms with Gasteiger partial charge in [0.25, 0.3) is 0 Å². The van der Waals surface area contributed by atoms with Crippen LogP contribution in [0.1, 0.15) is 6.92 Å². The third-order valence-electron chi connectivity index (χ3n) is 3.84. The van der Waals surface area contributed by atoms with Crippen LogP contribution in [0.5, 0.6) is 0 Å². The van der Waals surface area contributed by atoms with Gasteiger partial charge in [0.2, 0.25) is 5.91 Å². The van der Waals surface area contributed by atoms with Gasteiger partial charge in [-0.05, 0) is 6.92 Å². The lowest BCUT2D eigenvalue weighted by atomic mass is 10.1. The van der Waals surface area contributed by atoms with Gasteiger partial charge in [0.05, 0.1) is 24.6 Å². The van der Waals surface area contributed by atoms with Crippen molar-refractivity contribution >= 4 is 11.6 Å². The normalized spacial score (nSPS) is 19.6. The molecule has 2 aliphatic heterocycles. The van der Waals surface area contributed by atoms with E-state index in [1.54, 1.807) is 18.0 Å². The summed E-state index contributed by atoms with van der Waals surface area (Å²) in [6.07, 6.45) is 3.05. The van der Waals surface area contributed by atoms with Crippen molar-refractivity contribution in [2.24, 2.45) is 22.2 Å². The molecule has 2 heterocycles. The third kappa shape index (κ3) is 4.64. The van der Waals surface area contributed by atoms with E-state index in [4.69, 9.17) is 21.9 Å². The van der Waals surface area contributed by atoms with Gasteiger partial charge in [-0.1, -0.05) is 0 Å². The van der Waals surface area contributed by atoms with Gasteiger partial charge in [-0.2, -0.15) is 0 Å². The van der Waals surface area contributed by atoms with Crippen LogP contribution in [0.2, 0.25) is 0 Å². The topological polar surface area (TPSA) is 156 Å². The number of carbonyl (C=O) groups is 1. The molecule has 0 aromatic heterocycles. The molecule has 10 heteroatoms. The SMILES string of the molecule is C[C@H](NC1=C(N)N(C)COC1)C(=O)NC1=CNCC(/C(=C/N)CN)=N1. The lowest BCUT2D eigenvalue weighted by Crippen LogP contribution is -2.46. The summed E-state index contributed by atoms with van der Waals surface area (Å²) in [7, 11) is 1.82. The Morgan fingerprint density at radius 3 is 3.04 bits per heavy atom. The van der Waals surface area contributed by atoms with E-state index in [1.807, 2.05) is 7.05 Å². The average Bonchev–Trinajstić information content (AvgIpc) is 2.60. The lowest BCUT2D eigenvalue weighted by Gasteiger charge is -2.29. The van der Waals surface area contributed by atoms with E-state index in [9.17, 15) is 4.79 Å². The Balaban J connectivity index is 1.99. The molecule has 25 heavy (non-hydrogen) atoms. The maximum atomic E-state index is 12.4. The second kappa shape index (κ2) is 8.40. The molecule has 0 saturated carbocycles. The zero-order valence-electron chi connectivity index (χ0n) is 14.5. The van der Waals surface area contributed by atoms with Gasteiger partial charge >= 0.3 is 0 Å². The Bertz CT molecular complexity index is 637. The molecule has 138 valence electrons. The van der Waals surface area contributed by atoms with Gasteiger partial charge in [-0.25, -0.2) is 4.99 Å². The summed E-state index contributed by atoms with van der Waals surface area (Å²) in [6.45, 7) is 3.27. The number of hydrogen-bond acceptors (Lipinski definition) is 9. The number of nitrogens with one attached hydrogen (secondary N) is 3. The van der Waals surface area contributed by atoms with Gasteiger partial charge in [0, 0.05) is 31.6 Å². The number of amides is 1. The molecule has 0 aromatic rings. The summed E-state index contributed by atoms with van der Waals surface area (Å²) in [5, 5.41) is 8.86. The number of nitrogens with two attached hydrogens (primary N) is 3. The monoisotopic (exact) mass is 350 g/mol. The smallest absolute Gasteiger partial charge is 0.247 e. The average molecular weight is 350 g/mol. The molecule has 0 bridgehead atoms. The van der Waals surface area contributed by atoms with Crippen LogP contribution in [0, 0.1) is 0 Å². The van der Waals surface area contributed by atoms with E-state index in [1.165, 1.54) is 6.20 Å². The highest BCUT2D eigenvalue weighted by Crippen LogP contribution is 2.09. The van der Waals surface area contributed by atoms with E-state index in [0.29, 0.717) is 42.9 Å². The molecule has 2 aliphatic rings. The van der Waals surface area contributed by atoms with E-state index >= 15 is 0 Å². The highest BCUT2D eigenvalue weighted by atomic mass is 16.5. The van der Waals surface area contributed by atoms with Crippen molar-refractivity contribution in [3.05, 3.63) is 35.3 Å². The van der Waals surface area contributed by atoms with Crippen LogP contribution in [0.4, 0.5) is 0 Å². The lowest BCUT2D eigenvalue weighted by molar-refractivity contribution is -0.122. The second-order valence-corrected chi connectivity index (χ2v) is 5.76. The molecular weight excluding hydrogens is 324 g/mol. The molecule has 0 saturated heterocycles. The maximum Gasteiger partial charge on any atom is 0.247 e. The van der Waals surface area contributed by atoms with Gasteiger partial charge in [0.1, 0.15) is 24.4 Å². The first-order chi connectivity index (χ1) is 12.0. The van der Waals surface area contributed by atoms with Gasteiger partial charge in [-0.15, -0.1) is 0 Å². The van der Waals surface area contributed by atoms with E-state index in [0.717, 1.165) is 5.57 Å². The quantitative estimate of drug-likeness (QED) is 0.314. The minimum Gasteiger partial charge on any atom is -0.404 e. The molecule has 2 rings (SSSR count). The van der Waals surface area contributed by atoms with Gasteiger partial charge < -0.3 is 42.8 Å². The van der Waals surface area contributed by atoms with Crippen LogP contribution < -0.4 is 33.2 Å². The van der Waals surface area contributed by atoms with Crippen molar-refractivity contribution in [2.75, 3.05) is 33.5 Å². The number of ether oxygens (including phenoxy) is 1. The molecule has 9 N–H and O–H groups in total. The minimum atomic E-state index is -0.524. The van der Waals surface area contributed by atoms with Crippen LogP contribution in [0.15, 0.2) is 40.3 Å². The Morgan fingerprint density at radius 1 is 1.60 bits per heavy atom. The van der Waals surface area contributed by atoms with Crippen LogP contribution in [0.3, 0.4) is 0 Å². The maximum absolute atomic E-state index is 12.4. The Hall–Kier alpha value is -2.72. The van der Waals surface area contributed by atoms with Crippen LogP contribution in [0.25, 0.3) is 0 Å². The molecule has 0 radical (unpaired) electrons. The number of rotatable bonds is 6. The molecule has 10 nitrogen and oxygen atoms in total. The number of aliphatic imine (C=N–C) groups is 1. The highest BCUT2D eigenvalue weighted by molar-refractivity contribution is 6.03.